The van der Waals surface area contributed by atoms with Gasteiger partial charge in [0.15, 0.2) is 6.10 Å². The van der Waals surface area contributed by atoms with E-state index in [1.54, 1.807) is 0 Å². The summed E-state index contributed by atoms with van der Waals surface area (Å²) in [6.45, 7) is 6.64. The molecule has 1 unspecified atom stereocenters. The topological polar surface area (TPSA) is 78.9 Å². The van der Waals surface area contributed by atoms with Crippen LogP contribution in [-0.4, -0.2) is 37.2 Å². The van der Waals surface area contributed by atoms with Crippen LogP contribution in [0, 0.1) is 0 Å². The van der Waals surface area contributed by atoms with Crippen LogP contribution in [0.3, 0.4) is 0 Å². The van der Waals surface area contributed by atoms with Gasteiger partial charge in [-0.15, -0.1) is 0 Å². The van der Waals surface area contributed by atoms with E-state index in [1.807, 2.05) is 0 Å². The Labute approximate surface area is 385 Å². The minimum atomic E-state index is -0.772. The molecular formula is C56H104O6. The highest BCUT2D eigenvalue weighted by molar-refractivity contribution is 5.71. The van der Waals surface area contributed by atoms with Gasteiger partial charge in [-0.05, 0) is 70.6 Å². The van der Waals surface area contributed by atoms with Gasteiger partial charge in [0.1, 0.15) is 13.2 Å². The van der Waals surface area contributed by atoms with Crippen molar-refractivity contribution in [3.05, 3.63) is 24.3 Å². The normalized spacial score (nSPS) is 12.1. The zero-order valence-electron chi connectivity index (χ0n) is 41.7. The second kappa shape index (κ2) is 51.5. The third kappa shape index (κ3) is 48.9. The number of hydrogen-bond acceptors (Lipinski definition) is 6. The summed E-state index contributed by atoms with van der Waals surface area (Å²) in [4.78, 5) is 37.9. The molecule has 0 amide bonds. The van der Waals surface area contributed by atoms with Gasteiger partial charge in [-0.3, -0.25) is 14.4 Å². The average Bonchev–Trinajstić information content (AvgIpc) is 3.27. The number of allylic oxidation sites excluding steroid dienone is 4. The molecular weight excluding hydrogens is 769 g/mol. The molecule has 0 saturated carbocycles. The molecule has 6 nitrogen and oxygen atoms in total. The van der Waals surface area contributed by atoms with E-state index in [2.05, 4.69) is 45.1 Å². The van der Waals surface area contributed by atoms with Crippen LogP contribution in [0.25, 0.3) is 0 Å². The first-order chi connectivity index (χ1) is 30.5. The molecule has 364 valence electrons. The second-order valence-electron chi connectivity index (χ2n) is 18.5. The molecule has 62 heavy (non-hydrogen) atoms. The lowest BCUT2D eigenvalue weighted by atomic mass is 10.1. The Bertz CT molecular complexity index is 1000. The lowest BCUT2D eigenvalue weighted by Gasteiger charge is -2.18. The molecule has 0 aliphatic rings. The highest BCUT2D eigenvalue weighted by Gasteiger charge is 2.19. The lowest BCUT2D eigenvalue weighted by Crippen LogP contribution is -2.30. The summed E-state index contributed by atoms with van der Waals surface area (Å²) in [5, 5.41) is 0. The van der Waals surface area contributed by atoms with Crippen molar-refractivity contribution >= 4 is 17.9 Å². The first-order valence-corrected chi connectivity index (χ1v) is 27.3. The van der Waals surface area contributed by atoms with Crippen molar-refractivity contribution in [2.75, 3.05) is 13.2 Å². The minimum absolute atomic E-state index is 0.0726. The van der Waals surface area contributed by atoms with Crippen molar-refractivity contribution < 1.29 is 28.6 Å². The average molecular weight is 873 g/mol. The number of hydrogen-bond donors (Lipinski definition) is 0. The summed E-state index contributed by atoms with van der Waals surface area (Å²) in [5.41, 5.74) is 0. The molecule has 0 heterocycles. The minimum Gasteiger partial charge on any atom is -0.462 e. The number of carbonyl (C=O) groups excluding carboxylic acids is 3. The number of unbranched alkanes of at least 4 members (excludes halogenated alkanes) is 35. The summed E-state index contributed by atoms with van der Waals surface area (Å²) >= 11 is 0. The molecule has 0 aromatic carbocycles. The van der Waals surface area contributed by atoms with E-state index in [0.717, 1.165) is 64.2 Å². The maximum absolute atomic E-state index is 12.8. The molecule has 0 fully saturated rings. The van der Waals surface area contributed by atoms with Crippen molar-refractivity contribution in [3.63, 3.8) is 0 Å². The Kier molecular flexibility index (Phi) is 49.8. The maximum atomic E-state index is 12.8. The van der Waals surface area contributed by atoms with Crippen LogP contribution in [0.2, 0.25) is 0 Å². The molecule has 6 heteroatoms. The third-order valence-electron chi connectivity index (χ3n) is 12.2. The maximum Gasteiger partial charge on any atom is 0.306 e. The van der Waals surface area contributed by atoms with Crippen LogP contribution < -0.4 is 0 Å². The Morgan fingerprint density at radius 3 is 0.806 bits per heavy atom. The number of rotatable bonds is 50. The molecule has 0 rings (SSSR count). The summed E-state index contributed by atoms with van der Waals surface area (Å²) in [6.07, 6.45) is 58.8. The summed E-state index contributed by atoms with van der Waals surface area (Å²) < 4.78 is 16.8. The van der Waals surface area contributed by atoms with Crippen molar-refractivity contribution in [1.29, 1.82) is 0 Å². The van der Waals surface area contributed by atoms with E-state index in [-0.39, 0.29) is 31.1 Å². The smallest absolute Gasteiger partial charge is 0.306 e. The fourth-order valence-corrected chi connectivity index (χ4v) is 8.02. The zero-order valence-corrected chi connectivity index (χ0v) is 41.7. The molecule has 0 aliphatic heterocycles. The van der Waals surface area contributed by atoms with Gasteiger partial charge in [-0.2, -0.15) is 0 Å². The third-order valence-corrected chi connectivity index (χ3v) is 12.2. The molecule has 0 aliphatic carbocycles. The highest BCUT2D eigenvalue weighted by atomic mass is 16.6. The number of carbonyl (C=O) groups is 3. The van der Waals surface area contributed by atoms with Crippen LogP contribution in [0.15, 0.2) is 24.3 Å². The molecule has 0 aromatic heterocycles. The van der Waals surface area contributed by atoms with E-state index in [9.17, 15) is 14.4 Å². The number of esters is 3. The highest BCUT2D eigenvalue weighted by Crippen LogP contribution is 2.15. The lowest BCUT2D eigenvalue weighted by molar-refractivity contribution is -0.167. The standard InChI is InChI=1S/C56H104O6/c1-4-7-10-13-16-19-21-23-25-27-28-29-31-32-34-37-40-43-46-49-55(58)61-52-53(51-60-54(57)48-45-42-39-36-18-15-12-9-6-3)62-56(59)50-47-44-41-38-35-33-30-26-24-22-20-17-14-11-8-5-2/h26-28,30,53H,4-25,29,31-52H2,1-3H3/b28-27-,30-26-. The molecule has 0 aromatic rings. The van der Waals surface area contributed by atoms with E-state index >= 15 is 0 Å². The molecule has 0 saturated heterocycles. The molecule has 0 N–H and O–H groups in total. The summed E-state index contributed by atoms with van der Waals surface area (Å²) in [7, 11) is 0. The SMILES string of the molecule is CCCCCCCCC/C=C\CCCCCCCC(=O)OC(COC(=O)CCCCCCCCC/C=C\CCCCCCCCCC)COC(=O)CCCCCCCCCCC. The summed E-state index contributed by atoms with van der Waals surface area (Å²) in [6, 6.07) is 0. The largest absolute Gasteiger partial charge is 0.462 e. The first-order valence-electron chi connectivity index (χ1n) is 27.3. The number of ether oxygens (including phenoxy) is 3. The quantitative estimate of drug-likeness (QED) is 0.0262. The van der Waals surface area contributed by atoms with Gasteiger partial charge < -0.3 is 14.2 Å². The summed E-state index contributed by atoms with van der Waals surface area (Å²) in [5.74, 6) is -0.874. The van der Waals surface area contributed by atoms with Gasteiger partial charge in [-0.25, -0.2) is 0 Å². The predicted molar refractivity (Wildman–Crippen MR) is 266 cm³/mol. The second-order valence-corrected chi connectivity index (χ2v) is 18.5. The van der Waals surface area contributed by atoms with Gasteiger partial charge in [0.2, 0.25) is 0 Å². The van der Waals surface area contributed by atoms with E-state index in [0.29, 0.717) is 19.3 Å². The Balaban J connectivity index is 4.28. The van der Waals surface area contributed by atoms with Crippen LogP contribution in [0.4, 0.5) is 0 Å². The van der Waals surface area contributed by atoms with Crippen LogP contribution in [0.5, 0.6) is 0 Å². The molecule has 0 bridgehead atoms. The fourth-order valence-electron chi connectivity index (χ4n) is 8.02. The van der Waals surface area contributed by atoms with Gasteiger partial charge >= 0.3 is 17.9 Å². The van der Waals surface area contributed by atoms with E-state index in [1.165, 1.54) is 193 Å². The predicted octanol–water partition coefficient (Wildman–Crippen LogP) is 17.9. The molecule has 0 spiro atoms. The van der Waals surface area contributed by atoms with Crippen molar-refractivity contribution in [1.82, 2.24) is 0 Å². The van der Waals surface area contributed by atoms with E-state index < -0.39 is 6.10 Å². The zero-order chi connectivity index (χ0) is 45.1. The Morgan fingerprint density at radius 2 is 0.532 bits per heavy atom. The fraction of sp³-hybridized carbons (Fsp3) is 0.875. The Hall–Kier alpha value is -2.11. The van der Waals surface area contributed by atoms with Crippen LogP contribution in [-0.2, 0) is 28.6 Å². The monoisotopic (exact) mass is 873 g/mol. The van der Waals surface area contributed by atoms with Crippen molar-refractivity contribution in [2.45, 2.75) is 303 Å². The van der Waals surface area contributed by atoms with Gasteiger partial charge in [0.05, 0.1) is 0 Å². The van der Waals surface area contributed by atoms with Gasteiger partial charge in [0.25, 0.3) is 0 Å². The molecule has 0 radical (unpaired) electrons. The van der Waals surface area contributed by atoms with Crippen molar-refractivity contribution in [3.8, 4) is 0 Å². The van der Waals surface area contributed by atoms with Crippen molar-refractivity contribution in [2.24, 2.45) is 0 Å². The van der Waals surface area contributed by atoms with Crippen LogP contribution >= 0.6 is 0 Å². The van der Waals surface area contributed by atoms with Crippen LogP contribution in [0.1, 0.15) is 297 Å². The van der Waals surface area contributed by atoms with E-state index in [4.69, 9.17) is 14.2 Å². The molecule has 1 atom stereocenters. The van der Waals surface area contributed by atoms with Gasteiger partial charge in [0, 0.05) is 19.3 Å². The Morgan fingerprint density at radius 1 is 0.306 bits per heavy atom. The first kappa shape index (κ1) is 59.9. The van der Waals surface area contributed by atoms with Gasteiger partial charge in [-0.1, -0.05) is 231 Å².